The lowest BCUT2D eigenvalue weighted by molar-refractivity contribution is 0.0938. The molecule has 0 aliphatic heterocycles. The van der Waals surface area contributed by atoms with Crippen LogP contribution in [-0.4, -0.2) is 20.4 Å². The molecule has 0 saturated heterocycles. The quantitative estimate of drug-likeness (QED) is 0.709. The highest BCUT2D eigenvalue weighted by Crippen LogP contribution is 2.20. The monoisotopic (exact) mass is 346 g/mol. The predicted octanol–water partition coefficient (Wildman–Crippen LogP) is 3.08. The van der Waals surface area contributed by atoms with Crippen molar-refractivity contribution in [1.29, 1.82) is 0 Å². The van der Waals surface area contributed by atoms with E-state index in [4.69, 9.17) is 16.7 Å². The highest BCUT2D eigenvalue weighted by molar-refractivity contribution is 7.89. The summed E-state index contributed by atoms with van der Waals surface area (Å²) in [7, 11) is -3.86. The van der Waals surface area contributed by atoms with Crippen molar-refractivity contribution >= 4 is 27.5 Å². The summed E-state index contributed by atoms with van der Waals surface area (Å²) in [6, 6.07) is 3.85. The van der Waals surface area contributed by atoms with Crippen LogP contribution in [0.1, 0.15) is 56.3 Å². The molecule has 1 rings (SSSR count). The first-order chi connectivity index (χ1) is 10.3. The number of halogens is 1. The Morgan fingerprint density at radius 1 is 1.32 bits per heavy atom. The van der Waals surface area contributed by atoms with Gasteiger partial charge in [-0.1, -0.05) is 44.2 Å². The number of sulfonamides is 1. The fraction of sp³-hybridized carbons (Fsp3) is 0.533. The van der Waals surface area contributed by atoms with Gasteiger partial charge in [0.15, 0.2) is 0 Å². The number of amides is 1. The third kappa shape index (κ3) is 5.94. The molecule has 0 aliphatic rings. The maximum atomic E-state index is 12.2. The molecular formula is C15H23ClN2O3S. The summed E-state index contributed by atoms with van der Waals surface area (Å²) < 4.78 is 22.7. The lowest BCUT2D eigenvalue weighted by Crippen LogP contribution is -2.32. The summed E-state index contributed by atoms with van der Waals surface area (Å²) >= 11 is 5.97. The first-order valence-electron chi connectivity index (χ1n) is 7.39. The number of carbonyl (C=O) groups is 1. The van der Waals surface area contributed by atoms with E-state index in [1.165, 1.54) is 24.6 Å². The number of primary sulfonamides is 1. The fourth-order valence-corrected chi connectivity index (χ4v) is 2.85. The zero-order chi connectivity index (χ0) is 16.8. The van der Waals surface area contributed by atoms with E-state index in [-0.39, 0.29) is 21.5 Å². The maximum Gasteiger partial charge on any atom is 0.253 e. The van der Waals surface area contributed by atoms with E-state index in [2.05, 4.69) is 12.2 Å². The second kappa shape index (κ2) is 8.50. The van der Waals surface area contributed by atoms with Crippen LogP contribution < -0.4 is 10.5 Å². The SMILES string of the molecule is CCCCCCC(C)NC(=O)c1cc(S(N)(=O)=O)ccc1Cl. The molecule has 0 aliphatic carbocycles. The van der Waals surface area contributed by atoms with Crippen molar-refractivity contribution in [2.24, 2.45) is 5.14 Å². The second-order valence-corrected chi connectivity index (χ2v) is 7.38. The van der Waals surface area contributed by atoms with Gasteiger partial charge < -0.3 is 5.32 Å². The Labute approximate surface area is 137 Å². The number of benzene rings is 1. The topological polar surface area (TPSA) is 89.3 Å². The molecule has 0 bridgehead atoms. The van der Waals surface area contributed by atoms with Crippen LogP contribution in [0.5, 0.6) is 0 Å². The molecule has 7 heteroatoms. The Balaban J connectivity index is 2.73. The van der Waals surface area contributed by atoms with Gasteiger partial charge in [-0.25, -0.2) is 13.6 Å². The lowest BCUT2D eigenvalue weighted by Gasteiger charge is -2.14. The van der Waals surface area contributed by atoms with Crippen LogP contribution in [0.4, 0.5) is 0 Å². The summed E-state index contributed by atoms with van der Waals surface area (Å²) in [5.41, 5.74) is 0.119. The fourth-order valence-electron chi connectivity index (χ4n) is 2.11. The molecule has 0 heterocycles. The Kier molecular flexibility index (Phi) is 7.32. The molecule has 124 valence electrons. The largest absolute Gasteiger partial charge is 0.350 e. The highest BCUT2D eigenvalue weighted by Gasteiger charge is 2.17. The molecule has 0 radical (unpaired) electrons. The summed E-state index contributed by atoms with van der Waals surface area (Å²) in [6.07, 6.45) is 5.40. The van der Waals surface area contributed by atoms with Gasteiger partial charge in [0.1, 0.15) is 0 Å². The number of hydrogen-bond donors (Lipinski definition) is 2. The zero-order valence-electron chi connectivity index (χ0n) is 12.9. The van der Waals surface area contributed by atoms with Crippen molar-refractivity contribution in [3.8, 4) is 0 Å². The molecule has 0 aromatic heterocycles. The molecule has 0 spiro atoms. The molecule has 0 fully saturated rings. The lowest BCUT2D eigenvalue weighted by atomic mass is 10.1. The molecule has 1 aromatic carbocycles. The van der Waals surface area contributed by atoms with E-state index >= 15 is 0 Å². The van der Waals surface area contributed by atoms with Crippen molar-refractivity contribution in [3.05, 3.63) is 28.8 Å². The van der Waals surface area contributed by atoms with Crippen molar-refractivity contribution in [1.82, 2.24) is 5.32 Å². The van der Waals surface area contributed by atoms with E-state index in [0.29, 0.717) is 0 Å². The van der Waals surface area contributed by atoms with Crippen LogP contribution in [0.2, 0.25) is 5.02 Å². The van der Waals surface area contributed by atoms with Crippen LogP contribution in [0.3, 0.4) is 0 Å². The number of nitrogens with one attached hydrogen (secondary N) is 1. The predicted molar refractivity (Wildman–Crippen MR) is 88.5 cm³/mol. The van der Waals surface area contributed by atoms with Gasteiger partial charge in [-0.3, -0.25) is 4.79 Å². The Morgan fingerprint density at radius 3 is 2.59 bits per heavy atom. The third-order valence-corrected chi connectivity index (χ3v) is 4.62. The third-order valence-electron chi connectivity index (χ3n) is 3.38. The van der Waals surface area contributed by atoms with Gasteiger partial charge in [0.2, 0.25) is 10.0 Å². The standard InChI is InChI=1S/C15H23ClN2O3S/c1-3-4-5-6-7-11(2)18-15(19)13-10-12(22(17,20)21)8-9-14(13)16/h8-11H,3-7H2,1-2H3,(H,18,19)(H2,17,20,21). The molecule has 5 nitrogen and oxygen atoms in total. The van der Waals surface area contributed by atoms with Crippen molar-refractivity contribution in [2.45, 2.75) is 56.9 Å². The van der Waals surface area contributed by atoms with Crippen LogP contribution >= 0.6 is 11.6 Å². The number of carbonyl (C=O) groups excluding carboxylic acids is 1. The van der Waals surface area contributed by atoms with Crippen LogP contribution in [-0.2, 0) is 10.0 Å². The number of rotatable bonds is 8. The van der Waals surface area contributed by atoms with Gasteiger partial charge >= 0.3 is 0 Å². The number of nitrogens with two attached hydrogens (primary N) is 1. The molecule has 0 saturated carbocycles. The Bertz CT molecular complexity index is 617. The van der Waals surface area contributed by atoms with Crippen LogP contribution in [0.15, 0.2) is 23.1 Å². The number of hydrogen-bond acceptors (Lipinski definition) is 3. The van der Waals surface area contributed by atoms with Crippen LogP contribution in [0, 0.1) is 0 Å². The first-order valence-corrected chi connectivity index (χ1v) is 9.31. The average Bonchev–Trinajstić information content (AvgIpc) is 2.42. The van der Waals surface area contributed by atoms with Gasteiger partial charge in [-0.15, -0.1) is 0 Å². The molecule has 22 heavy (non-hydrogen) atoms. The summed E-state index contributed by atoms with van der Waals surface area (Å²) in [5, 5.41) is 8.10. The normalized spacial score (nSPS) is 12.9. The van der Waals surface area contributed by atoms with Gasteiger partial charge in [-0.05, 0) is 31.5 Å². The summed E-state index contributed by atoms with van der Waals surface area (Å²) in [5.74, 6) is -0.390. The molecule has 1 amide bonds. The minimum atomic E-state index is -3.86. The van der Waals surface area contributed by atoms with Crippen molar-refractivity contribution < 1.29 is 13.2 Å². The van der Waals surface area contributed by atoms with Gasteiger partial charge in [0.25, 0.3) is 5.91 Å². The first kappa shape index (κ1) is 18.9. The maximum absolute atomic E-state index is 12.2. The summed E-state index contributed by atoms with van der Waals surface area (Å²) in [4.78, 5) is 12.1. The van der Waals surface area contributed by atoms with Crippen LogP contribution in [0.25, 0.3) is 0 Å². The van der Waals surface area contributed by atoms with Gasteiger partial charge in [-0.2, -0.15) is 0 Å². The summed E-state index contributed by atoms with van der Waals surface area (Å²) in [6.45, 7) is 4.06. The smallest absolute Gasteiger partial charge is 0.253 e. The number of unbranched alkanes of at least 4 members (excludes halogenated alkanes) is 3. The second-order valence-electron chi connectivity index (χ2n) is 5.41. The molecule has 1 unspecified atom stereocenters. The Morgan fingerprint density at radius 2 is 2.00 bits per heavy atom. The van der Waals surface area contributed by atoms with Gasteiger partial charge in [0.05, 0.1) is 15.5 Å². The zero-order valence-corrected chi connectivity index (χ0v) is 14.5. The molecule has 1 aromatic rings. The van der Waals surface area contributed by atoms with E-state index in [1.807, 2.05) is 6.92 Å². The molecular weight excluding hydrogens is 324 g/mol. The minimum absolute atomic E-state index is 0.00133. The van der Waals surface area contributed by atoms with Crippen molar-refractivity contribution in [2.75, 3.05) is 0 Å². The van der Waals surface area contributed by atoms with Gasteiger partial charge in [0, 0.05) is 6.04 Å². The van der Waals surface area contributed by atoms with E-state index in [0.717, 1.165) is 25.7 Å². The van der Waals surface area contributed by atoms with Crippen molar-refractivity contribution in [3.63, 3.8) is 0 Å². The molecule has 1 atom stereocenters. The highest BCUT2D eigenvalue weighted by atomic mass is 35.5. The van der Waals surface area contributed by atoms with E-state index in [1.54, 1.807) is 0 Å². The van der Waals surface area contributed by atoms with E-state index < -0.39 is 15.9 Å². The van der Waals surface area contributed by atoms with E-state index in [9.17, 15) is 13.2 Å². The average molecular weight is 347 g/mol. The Hall–Kier alpha value is -1.11. The molecule has 3 N–H and O–H groups in total. The minimum Gasteiger partial charge on any atom is -0.350 e.